The number of benzene rings is 1. The van der Waals surface area contributed by atoms with Crippen molar-refractivity contribution in [2.45, 2.75) is 83.1 Å². The molecule has 0 saturated heterocycles. The van der Waals surface area contributed by atoms with E-state index in [1.807, 2.05) is 45.3 Å². The molecule has 1 aromatic carbocycles. The van der Waals surface area contributed by atoms with Gasteiger partial charge in [-0.15, -0.1) is 0 Å². The maximum absolute atomic E-state index is 12.4. The average molecular weight is 548 g/mol. The first-order chi connectivity index (χ1) is 18.9. The third-order valence-electron chi connectivity index (χ3n) is 7.40. The highest BCUT2D eigenvalue weighted by Gasteiger charge is 2.37. The van der Waals surface area contributed by atoms with Gasteiger partial charge in [0.05, 0.1) is 16.5 Å². The molecular weight excluding hydrogens is 510 g/mol. The molecule has 2 heterocycles. The SMILES string of the molecule is C/C=C(\C=N/CC)c1cccc(-c2ncc(C3=NN=C(C)C3)c(NC3CCC(NS(=O)(=O)C4CC4)CC3)n2)c1. The Hall–Kier alpha value is -3.24. The lowest BCUT2D eigenvalue weighted by Gasteiger charge is -2.30. The Balaban J connectivity index is 1.36. The molecule has 9 nitrogen and oxygen atoms in total. The van der Waals surface area contributed by atoms with Gasteiger partial charge in [0.2, 0.25) is 10.0 Å². The molecule has 0 unspecified atom stereocenters. The Bertz CT molecular complexity index is 1430. The van der Waals surface area contributed by atoms with Crippen molar-refractivity contribution < 1.29 is 8.42 Å². The molecule has 0 spiro atoms. The molecule has 5 rings (SSSR count). The first kappa shape index (κ1) is 27.3. The van der Waals surface area contributed by atoms with E-state index in [2.05, 4.69) is 43.4 Å². The first-order valence-corrected chi connectivity index (χ1v) is 15.4. The second-order valence-corrected chi connectivity index (χ2v) is 12.5. The van der Waals surface area contributed by atoms with Crippen LogP contribution in [-0.2, 0) is 10.0 Å². The smallest absolute Gasteiger partial charge is 0.214 e. The summed E-state index contributed by atoms with van der Waals surface area (Å²) in [6, 6.07) is 8.38. The first-order valence-electron chi connectivity index (χ1n) is 13.9. The zero-order valence-electron chi connectivity index (χ0n) is 22.9. The molecule has 2 aromatic rings. The van der Waals surface area contributed by atoms with Gasteiger partial charge in [0.15, 0.2) is 5.82 Å². The van der Waals surface area contributed by atoms with Crippen LogP contribution in [0.2, 0.25) is 0 Å². The van der Waals surface area contributed by atoms with Gasteiger partial charge in [-0.3, -0.25) is 4.99 Å². The highest BCUT2D eigenvalue weighted by atomic mass is 32.2. The van der Waals surface area contributed by atoms with E-state index in [4.69, 9.17) is 9.97 Å². The number of hydrogen-bond donors (Lipinski definition) is 2. The van der Waals surface area contributed by atoms with Crippen molar-refractivity contribution in [3.8, 4) is 11.4 Å². The third kappa shape index (κ3) is 6.67. The number of hydrogen-bond acceptors (Lipinski definition) is 8. The van der Waals surface area contributed by atoms with E-state index in [0.29, 0.717) is 12.2 Å². The minimum atomic E-state index is -3.17. The standard InChI is InChI=1S/C29H37N7O2S/c1-4-20(17-30-5-2)21-7-6-8-22(16-21)28-31-18-26(27-15-19(3)34-35-27)29(33-28)32-23-9-11-24(12-10-23)36-39(37,38)25-13-14-25/h4,6-8,16-18,23-25,36H,5,9-15H2,1-3H3,(H,31,32,33)/b20-4+,30-17-. The molecule has 39 heavy (non-hydrogen) atoms. The van der Waals surface area contributed by atoms with E-state index in [1.54, 1.807) is 0 Å². The van der Waals surface area contributed by atoms with Crippen molar-refractivity contribution in [2.75, 3.05) is 11.9 Å². The van der Waals surface area contributed by atoms with Gasteiger partial charge in [0.1, 0.15) is 5.82 Å². The Labute approximate surface area is 231 Å². The monoisotopic (exact) mass is 547 g/mol. The van der Waals surface area contributed by atoms with Crippen LogP contribution >= 0.6 is 0 Å². The zero-order chi connectivity index (χ0) is 27.4. The molecule has 10 heteroatoms. The van der Waals surface area contributed by atoms with E-state index in [9.17, 15) is 8.42 Å². The molecule has 0 bridgehead atoms. The normalized spacial score (nSPS) is 22.2. The second kappa shape index (κ2) is 11.9. The fourth-order valence-corrected chi connectivity index (χ4v) is 6.70. The summed E-state index contributed by atoms with van der Waals surface area (Å²) in [5.41, 5.74) is 5.71. The number of aromatic nitrogens is 2. The molecule has 2 saturated carbocycles. The summed E-state index contributed by atoms with van der Waals surface area (Å²) in [5.74, 6) is 1.38. The van der Waals surface area contributed by atoms with E-state index in [0.717, 1.165) is 84.6 Å². The van der Waals surface area contributed by atoms with Gasteiger partial charge in [0.25, 0.3) is 0 Å². The summed E-state index contributed by atoms with van der Waals surface area (Å²) in [6.45, 7) is 6.73. The number of sulfonamides is 1. The molecule has 2 N–H and O–H groups in total. The minimum Gasteiger partial charge on any atom is -0.367 e. The van der Waals surface area contributed by atoms with E-state index >= 15 is 0 Å². The van der Waals surface area contributed by atoms with Crippen molar-refractivity contribution in [3.05, 3.63) is 47.7 Å². The van der Waals surface area contributed by atoms with Crippen molar-refractivity contribution in [2.24, 2.45) is 15.2 Å². The topological polar surface area (TPSA) is 121 Å². The van der Waals surface area contributed by atoms with Gasteiger partial charge < -0.3 is 5.32 Å². The summed E-state index contributed by atoms with van der Waals surface area (Å²) in [7, 11) is -3.17. The van der Waals surface area contributed by atoms with Crippen LogP contribution in [-0.4, -0.2) is 59.9 Å². The Morgan fingerprint density at radius 1 is 1.10 bits per heavy atom. The number of nitrogens with one attached hydrogen (secondary N) is 2. The van der Waals surface area contributed by atoms with Crippen LogP contribution in [0.3, 0.4) is 0 Å². The predicted octanol–water partition coefficient (Wildman–Crippen LogP) is 5.01. The maximum atomic E-state index is 12.4. The molecule has 1 aliphatic heterocycles. The van der Waals surface area contributed by atoms with E-state index < -0.39 is 10.0 Å². The van der Waals surface area contributed by atoms with Crippen LogP contribution in [0.15, 0.2) is 51.7 Å². The largest absolute Gasteiger partial charge is 0.367 e. The van der Waals surface area contributed by atoms with Crippen LogP contribution in [0, 0.1) is 0 Å². The van der Waals surface area contributed by atoms with Crippen molar-refractivity contribution in [1.82, 2.24) is 14.7 Å². The molecule has 2 fully saturated rings. The number of aliphatic imine (C=N–C) groups is 1. The van der Waals surface area contributed by atoms with Gasteiger partial charge in [-0.25, -0.2) is 23.1 Å². The Morgan fingerprint density at radius 3 is 2.54 bits per heavy atom. The lowest BCUT2D eigenvalue weighted by atomic mass is 9.91. The summed E-state index contributed by atoms with van der Waals surface area (Å²) >= 11 is 0. The Kier molecular flexibility index (Phi) is 8.32. The fraction of sp³-hybridized carbons (Fsp3) is 0.483. The lowest BCUT2D eigenvalue weighted by molar-refractivity contribution is 0.386. The van der Waals surface area contributed by atoms with Gasteiger partial charge in [-0.2, -0.15) is 10.2 Å². The maximum Gasteiger partial charge on any atom is 0.214 e. The van der Waals surface area contributed by atoms with Gasteiger partial charge in [0, 0.05) is 48.7 Å². The summed E-state index contributed by atoms with van der Waals surface area (Å²) in [4.78, 5) is 14.1. The van der Waals surface area contributed by atoms with Crippen molar-refractivity contribution in [1.29, 1.82) is 0 Å². The zero-order valence-corrected chi connectivity index (χ0v) is 23.7. The van der Waals surface area contributed by atoms with Crippen LogP contribution < -0.4 is 10.0 Å². The number of allylic oxidation sites excluding steroid dienone is 2. The van der Waals surface area contributed by atoms with E-state index in [-0.39, 0.29) is 17.3 Å². The Morgan fingerprint density at radius 2 is 1.87 bits per heavy atom. The third-order valence-corrected chi connectivity index (χ3v) is 9.42. The molecule has 1 aromatic heterocycles. The summed E-state index contributed by atoms with van der Waals surface area (Å²) in [5, 5.41) is 12.1. The van der Waals surface area contributed by atoms with Crippen molar-refractivity contribution in [3.63, 3.8) is 0 Å². The summed E-state index contributed by atoms with van der Waals surface area (Å²) in [6.07, 6.45) is 11.3. The highest BCUT2D eigenvalue weighted by molar-refractivity contribution is 7.90. The molecular formula is C29H37N7O2S. The molecule has 2 aliphatic carbocycles. The number of anilines is 1. The van der Waals surface area contributed by atoms with Gasteiger partial charge in [-0.1, -0.05) is 24.3 Å². The fourth-order valence-electron chi connectivity index (χ4n) is 5.05. The average Bonchev–Trinajstić information content (AvgIpc) is 3.72. The molecule has 206 valence electrons. The van der Waals surface area contributed by atoms with Crippen LogP contribution in [0.1, 0.15) is 76.8 Å². The van der Waals surface area contributed by atoms with Crippen molar-refractivity contribution >= 4 is 39.1 Å². The van der Waals surface area contributed by atoms with Crippen LogP contribution in [0.4, 0.5) is 5.82 Å². The molecule has 3 aliphatic rings. The molecule has 0 atom stereocenters. The second-order valence-electron chi connectivity index (χ2n) is 10.5. The van der Waals surface area contributed by atoms with Gasteiger partial charge in [-0.05, 0) is 76.5 Å². The quantitative estimate of drug-likeness (QED) is 0.405. The van der Waals surface area contributed by atoms with Crippen LogP contribution in [0.5, 0.6) is 0 Å². The predicted molar refractivity (Wildman–Crippen MR) is 159 cm³/mol. The van der Waals surface area contributed by atoms with Crippen LogP contribution in [0.25, 0.3) is 17.0 Å². The number of nitrogens with zero attached hydrogens (tertiary/aromatic N) is 5. The minimum absolute atomic E-state index is 0.00383. The summed E-state index contributed by atoms with van der Waals surface area (Å²) < 4.78 is 27.7. The van der Waals surface area contributed by atoms with E-state index in [1.165, 1.54) is 0 Å². The van der Waals surface area contributed by atoms with Gasteiger partial charge >= 0.3 is 0 Å². The number of rotatable bonds is 10. The molecule has 0 radical (unpaired) electrons. The molecule has 0 amide bonds. The lowest BCUT2D eigenvalue weighted by Crippen LogP contribution is -2.41. The highest BCUT2D eigenvalue weighted by Crippen LogP contribution is 2.31.